The molecule has 0 spiro atoms. The molecule has 0 aliphatic rings. The minimum Gasteiger partial charge on any atom is -0.497 e. The molecule has 4 aromatic rings. The Hall–Kier alpha value is -4.00. The van der Waals surface area contributed by atoms with Crippen LogP contribution in [0.3, 0.4) is 0 Å². The number of carboxylic acids is 1. The van der Waals surface area contributed by atoms with Gasteiger partial charge in [0.05, 0.1) is 18.2 Å². The number of hydrogen-bond acceptors (Lipinski definition) is 6. The topological polar surface area (TPSA) is 88.4 Å². The van der Waals surface area contributed by atoms with Crippen molar-refractivity contribution in [2.75, 3.05) is 19.1 Å². The van der Waals surface area contributed by atoms with E-state index in [1.165, 1.54) is 6.20 Å². The van der Waals surface area contributed by atoms with Crippen LogP contribution in [0.1, 0.15) is 21.6 Å². The van der Waals surface area contributed by atoms with Crippen LogP contribution < -0.4 is 9.64 Å². The lowest BCUT2D eigenvalue weighted by Crippen LogP contribution is -2.17. The molecule has 7 heteroatoms. The Morgan fingerprint density at radius 2 is 1.81 bits per heavy atom. The van der Waals surface area contributed by atoms with Crippen LogP contribution in [0.5, 0.6) is 5.75 Å². The van der Waals surface area contributed by atoms with Crippen molar-refractivity contribution >= 4 is 22.7 Å². The highest BCUT2D eigenvalue weighted by atomic mass is 16.5. The third-order valence-electron chi connectivity index (χ3n) is 5.17. The van der Waals surface area contributed by atoms with Gasteiger partial charge in [-0.1, -0.05) is 12.1 Å². The van der Waals surface area contributed by atoms with Crippen LogP contribution in [0, 0.1) is 6.92 Å². The Morgan fingerprint density at radius 1 is 1.03 bits per heavy atom. The number of nitrogens with zero attached hydrogens (tertiary/aromatic N) is 4. The SMILES string of the molecule is COc1ccc(CN(C)c2cc3ncc(-c4cc(C(=O)O)cnc4C)cc3cn2)cc1. The Balaban J connectivity index is 1.61. The standard InChI is InChI=1S/C24H22N4O3/c1-15-21(9-19(13-25-15)24(29)30)17-8-18-12-27-23(10-22(18)26-11-17)28(2)14-16-4-6-20(31-3)7-5-16/h4-13H,14H2,1-3H3,(H,29,30). The number of methoxy groups -OCH3 is 1. The molecule has 1 N–H and O–H groups in total. The molecule has 0 bridgehead atoms. The van der Waals surface area contributed by atoms with Crippen LogP contribution in [-0.4, -0.2) is 40.2 Å². The summed E-state index contributed by atoms with van der Waals surface area (Å²) in [4.78, 5) is 26.7. The summed E-state index contributed by atoms with van der Waals surface area (Å²) in [6.45, 7) is 2.55. The minimum absolute atomic E-state index is 0.148. The van der Waals surface area contributed by atoms with Crippen molar-refractivity contribution < 1.29 is 14.6 Å². The zero-order valence-electron chi connectivity index (χ0n) is 17.5. The van der Waals surface area contributed by atoms with Gasteiger partial charge in [0, 0.05) is 60.5 Å². The Kier molecular flexibility index (Phi) is 5.49. The molecule has 0 atom stereocenters. The maximum Gasteiger partial charge on any atom is 0.337 e. The predicted octanol–water partition coefficient (Wildman–Crippen LogP) is 4.34. The first-order valence-electron chi connectivity index (χ1n) is 9.75. The normalized spacial score (nSPS) is 10.8. The maximum atomic E-state index is 11.3. The van der Waals surface area contributed by atoms with Gasteiger partial charge in [0.15, 0.2) is 0 Å². The number of hydrogen-bond donors (Lipinski definition) is 1. The van der Waals surface area contributed by atoms with Crippen molar-refractivity contribution in [2.45, 2.75) is 13.5 Å². The molecule has 3 heterocycles. The summed E-state index contributed by atoms with van der Waals surface area (Å²) in [7, 11) is 3.64. The van der Waals surface area contributed by atoms with E-state index < -0.39 is 5.97 Å². The molecule has 7 nitrogen and oxygen atoms in total. The predicted molar refractivity (Wildman–Crippen MR) is 120 cm³/mol. The van der Waals surface area contributed by atoms with Crippen LogP contribution in [0.2, 0.25) is 0 Å². The second kappa shape index (κ2) is 8.39. The van der Waals surface area contributed by atoms with E-state index >= 15 is 0 Å². The van der Waals surface area contributed by atoms with E-state index in [-0.39, 0.29) is 5.56 Å². The number of aryl methyl sites for hydroxylation is 1. The number of ether oxygens (including phenoxy) is 1. The van der Waals surface area contributed by atoms with E-state index in [1.807, 2.05) is 50.4 Å². The van der Waals surface area contributed by atoms with Crippen molar-refractivity contribution in [3.05, 3.63) is 77.9 Å². The number of pyridine rings is 3. The van der Waals surface area contributed by atoms with E-state index in [0.29, 0.717) is 6.54 Å². The number of carboxylic acid groups (broad SMARTS) is 1. The molecule has 0 saturated heterocycles. The lowest BCUT2D eigenvalue weighted by molar-refractivity contribution is 0.0696. The highest BCUT2D eigenvalue weighted by molar-refractivity contribution is 5.90. The maximum absolute atomic E-state index is 11.3. The summed E-state index contributed by atoms with van der Waals surface area (Å²) in [6, 6.07) is 13.5. The van der Waals surface area contributed by atoms with Gasteiger partial charge in [-0.3, -0.25) is 9.97 Å². The number of aromatic nitrogens is 3. The molecule has 4 rings (SSSR count). The molecule has 156 valence electrons. The van der Waals surface area contributed by atoms with Crippen LogP contribution >= 0.6 is 0 Å². The summed E-state index contributed by atoms with van der Waals surface area (Å²) in [5, 5.41) is 10.1. The summed E-state index contributed by atoms with van der Waals surface area (Å²) < 4.78 is 5.21. The zero-order valence-corrected chi connectivity index (χ0v) is 17.5. The molecular weight excluding hydrogens is 392 g/mol. The zero-order chi connectivity index (χ0) is 22.0. The Bertz CT molecular complexity index is 1260. The molecule has 31 heavy (non-hydrogen) atoms. The fourth-order valence-electron chi connectivity index (χ4n) is 3.40. The van der Waals surface area contributed by atoms with Crippen LogP contribution in [0.25, 0.3) is 22.0 Å². The molecular formula is C24H22N4O3. The number of anilines is 1. The molecule has 0 radical (unpaired) electrons. The molecule has 0 saturated carbocycles. The minimum atomic E-state index is -1.01. The molecule has 1 aromatic carbocycles. The van der Waals surface area contributed by atoms with Crippen molar-refractivity contribution in [1.82, 2.24) is 15.0 Å². The fraction of sp³-hybridized carbons (Fsp3) is 0.167. The molecule has 0 aliphatic carbocycles. The average Bonchev–Trinajstić information content (AvgIpc) is 2.79. The number of aromatic carboxylic acids is 1. The largest absolute Gasteiger partial charge is 0.497 e. The van der Waals surface area contributed by atoms with Gasteiger partial charge >= 0.3 is 5.97 Å². The van der Waals surface area contributed by atoms with Crippen molar-refractivity contribution in [1.29, 1.82) is 0 Å². The molecule has 0 amide bonds. The summed E-state index contributed by atoms with van der Waals surface area (Å²) in [5.74, 6) is 0.637. The molecule has 3 aromatic heterocycles. The second-order valence-corrected chi connectivity index (χ2v) is 7.33. The van der Waals surface area contributed by atoms with Gasteiger partial charge in [-0.15, -0.1) is 0 Å². The molecule has 0 aliphatic heterocycles. The van der Waals surface area contributed by atoms with Gasteiger partial charge < -0.3 is 14.7 Å². The number of fused-ring (bicyclic) bond motifs is 1. The van der Waals surface area contributed by atoms with E-state index in [9.17, 15) is 9.90 Å². The van der Waals surface area contributed by atoms with Gasteiger partial charge in [-0.25, -0.2) is 9.78 Å². The Morgan fingerprint density at radius 3 is 2.52 bits per heavy atom. The molecule has 0 fully saturated rings. The number of carbonyl (C=O) groups is 1. The Labute approximate surface area is 180 Å². The van der Waals surface area contributed by atoms with Gasteiger partial charge in [0.25, 0.3) is 0 Å². The van der Waals surface area contributed by atoms with Crippen molar-refractivity contribution in [3.63, 3.8) is 0 Å². The van der Waals surface area contributed by atoms with Gasteiger partial charge in [-0.2, -0.15) is 0 Å². The fourth-order valence-corrected chi connectivity index (χ4v) is 3.40. The third kappa shape index (κ3) is 4.30. The van der Waals surface area contributed by atoms with Gasteiger partial charge in [0.1, 0.15) is 11.6 Å². The van der Waals surface area contributed by atoms with Crippen LogP contribution in [-0.2, 0) is 6.54 Å². The van der Waals surface area contributed by atoms with E-state index in [4.69, 9.17) is 4.74 Å². The van der Waals surface area contributed by atoms with E-state index in [1.54, 1.807) is 25.6 Å². The van der Waals surface area contributed by atoms with Crippen LogP contribution in [0.15, 0.2) is 61.1 Å². The summed E-state index contributed by atoms with van der Waals surface area (Å²) in [5.41, 5.74) is 4.41. The first-order valence-corrected chi connectivity index (χ1v) is 9.75. The van der Waals surface area contributed by atoms with E-state index in [0.717, 1.165) is 44.9 Å². The molecule has 0 unspecified atom stereocenters. The third-order valence-corrected chi connectivity index (χ3v) is 5.17. The van der Waals surface area contributed by atoms with Crippen molar-refractivity contribution in [2.24, 2.45) is 0 Å². The lowest BCUT2D eigenvalue weighted by Gasteiger charge is -2.19. The monoisotopic (exact) mass is 414 g/mol. The summed E-state index contributed by atoms with van der Waals surface area (Å²) >= 11 is 0. The lowest BCUT2D eigenvalue weighted by atomic mass is 10.0. The summed E-state index contributed by atoms with van der Waals surface area (Å²) in [6.07, 6.45) is 4.89. The van der Waals surface area contributed by atoms with Crippen LogP contribution in [0.4, 0.5) is 5.82 Å². The smallest absolute Gasteiger partial charge is 0.337 e. The first-order chi connectivity index (χ1) is 14.9. The van der Waals surface area contributed by atoms with Crippen molar-refractivity contribution in [3.8, 4) is 16.9 Å². The van der Waals surface area contributed by atoms with Gasteiger partial charge in [0.2, 0.25) is 0 Å². The second-order valence-electron chi connectivity index (χ2n) is 7.33. The van der Waals surface area contributed by atoms with Gasteiger partial charge in [-0.05, 0) is 36.8 Å². The average molecular weight is 414 g/mol. The highest BCUT2D eigenvalue weighted by Gasteiger charge is 2.12. The number of benzene rings is 1. The van der Waals surface area contributed by atoms with E-state index in [2.05, 4.69) is 19.9 Å². The quantitative estimate of drug-likeness (QED) is 0.502. The first kappa shape index (κ1) is 20.3. The number of rotatable bonds is 6. The highest BCUT2D eigenvalue weighted by Crippen LogP contribution is 2.27.